The van der Waals surface area contributed by atoms with Gasteiger partial charge in [0.1, 0.15) is 11.5 Å². The number of para-hydroxylation sites is 1. The maximum Gasteiger partial charge on any atom is 0.243 e. The molecule has 0 radical (unpaired) electrons. The van der Waals surface area contributed by atoms with Gasteiger partial charge in [0.05, 0.1) is 18.8 Å². The van der Waals surface area contributed by atoms with Gasteiger partial charge in [-0.15, -0.1) is 0 Å². The summed E-state index contributed by atoms with van der Waals surface area (Å²) in [5.74, 6) is -1.40. The van der Waals surface area contributed by atoms with Gasteiger partial charge in [0, 0.05) is 13.1 Å². The van der Waals surface area contributed by atoms with Gasteiger partial charge in [-0.1, -0.05) is 6.07 Å². The van der Waals surface area contributed by atoms with Crippen molar-refractivity contribution in [2.24, 2.45) is 5.73 Å². The number of benzene rings is 1. The Kier molecular flexibility index (Phi) is 5.10. The molecule has 1 aliphatic rings. The van der Waals surface area contributed by atoms with Crippen LogP contribution in [0.3, 0.4) is 0 Å². The summed E-state index contributed by atoms with van der Waals surface area (Å²) in [5.41, 5.74) is 5.96. The van der Waals surface area contributed by atoms with Crippen molar-refractivity contribution < 1.29 is 14.0 Å². The maximum atomic E-state index is 14.0. The van der Waals surface area contributed by atoms with Crippen molar-refractivity contribution in [1.29, 1.82) is 0 Å². The van der Waals surface area contributed by atoms with E-state index in [4.69, 9.17) is 5.73 Å². The Morgan fingerprint density at radius 3 is 2.62 bits per heavy atom. The molecule has 0 bridgehead atoms. The molecule has 114 valence electrons. The summed E-state index contributed by atoms with van der Waals surface area (Å²) in [5, 5.41) is 4.87. The summed E-state index contributed by atoms with van der Waals surface area (Å²) in [6.45, 7) is 1.27. The molecular formula is C14H19FN4O2. The van der Waals surface area contributed by atoms with E-state index in [1.54, 1.807) is 12.1 Å². The van der Waals surface area contributed by atoms with Crippen molar-refractivity contribution in [3.05, 3.63) is 24.0 Å². The Morgan fingerprint density at radius 1 is 1.24 bits per heavy atom. The first-order valence-electron chi connectivity index (χ1n) is 6.92. The maximum absolute atomic E-state index is 14.0. The smallest absolute Gasteiger partial charge is 0.243 e. The predicted octanol–water partition coefficient (Wildman–Crippen LogP) is 0.439. The molecule has 7 heteroatoms. The van der Waals surface area contributed by atoms with Crippen molar-refractivity contribution in [2.75, 3.05) is 36.4 Å². The van der Waals surface area contributed by atoms with Gasteiger partial charge in [-0.05, 0) is 25.0 Å². The summed E-state index contributed by atoms with van der Waals surface area (Å²) in [7, 11) is 0. The lowest BCUT2D eigenvalue weighted by atomic mass is 10.2. The van der Waals surface area contributed by atoms with Crippen molar-refractivity contribution in [3.8, 4) is 0 Å². The number of carbonyl (C=O) groups is 2. The molecule has 1 heterocycles. The van der Waals surface area contributed by atoms with Crippen molar-refractivity contribution in [1.82, 2.24) is 5.32 Å². The Balaban J connectivity index is 2.07. The third-order valence-electron chi connectivity index (χ3n) is 3.33. The van der Waals surface area contributed by atoms with Gasteiger partial charge in [0.25, 0.3) is 0 Å². The van der Waals surface area contributed by atoms with E-state index in [9.17, 15) is 14.0 Å². The first-order chi connectivity index (χ1) is 10.1. The summed E-state index contributed by atoms with van der Waals surface area (Å²) in [6, 6.07) is 4.70. The first-order valence-corrected chi connectivity index (χ1v) is 6.92. The number of rotatable bonds is 5. The molecule has 2 rings (SSSR count). The van der Waals surface area contributed by atoms with Crippen LogP contribution >= 0.6 is 0 Å². The van der Waals surface area contributed by atoms with E-state index < -0.39 is 17.6 Å². The average Bonchev–Trinajstić information content (AvgIpc) is 3.01. The Hall–Kier alpha value is -2.15. The molecule has 1 fully saturated rings. The van der Waals surface area contributed by atoms with Crippen LogP contribution in [0.25, 0.3) is 0 Å². The zero-order valence-electron chi connectivity index (χ0n) is 11.7. The number of hydrogen-bond donors (Lipinski definition) is 3. The molecule has 0 spiro atoms. The lowest BCUT2D eigenvalue weighted by molar-refractivity contribution is -0.123. The Bertz CT molecular complexity index is 530. The number of nitrogens with two attached hydrogens (primary N) is 1. The van der Waals surface area contributed by atoms with Crippen LogP contribution in [0, 0.1) is 5.82 Å². The summed E-state index contributed by atoms with van der Waals surface area (Å²) in [6.07, 6.45) is 2.10. The molecule has 4 N–H and O–H groups in total. The number of anilines is 2. The van der Waals surface area contributed by atoms with Gasteiger partial charge in [0.15, 0.2) is 0 Å². The standard InChI is InChI=1S/C14H19FN4O2/c15-10-4-3-5-11(19-6-1-2-7-19)14(10)18-13(21)9-17-12(20)8-16/h3-5H,1-2,6-9,16H2,(H,17,20)(H,18,21). The van der Waals surface area contributed by atoms with Crippen LogP contribution in [0.15, 0.2) is 18.2 Å². The number of nitrogens with one attached hydrogen (secondary N) is 2. The second-order valence-electron chi connectivity index (χ2n) is 4.86. The molecular weight excluding hydrogens is 275 g/mol. The molecule has 1 aromatic carbocycles. The molecule has 0 aromatic heterocycles. The van der Waals surface area contributed by atoms with E-state index in [0.717, 1.165) is 25.9 Å². The van der Waals surface area contributed by atoms with E-state index in [0.29, 0.717) is 5.69 Å². The molecule has 6 nitrogen and oxygen atoms in total. The number of halogens is 1. The summed E-state index contributed by atoms with van der Waals surface area (Å²) < 4.78 is 14.0. The molecule has 1 aromatic rings. The molecule has 1 saturated heterocycles. The predicted molar refractivity (Wildman–Crippen MR) is 78.5 cm³/mol. The van der Waals surface area contributed by atoms with Crippen LogP contribution in [0.1, 0.15) is 12.8 Å². The zero-order valence-corrected chi connectivity index (χ0v) is 11.7. The minimum atomic E-state index is -0.488. The van der Waals surface area contributed by atoms with Gasteiger partial charge in [-0.2, -0.15) is 0 Å². The number of hydrogen-bond acceptors (Lipinski definition) is 4. The van der Waals surface area contributed by atoms with E-state index in [2.05, 4.69) is 10.6 Å². The highest BCUT2D eigenvalue weighted by Crippen LogP contribution is 2.31. The number of amides is 2. The Morgan fingerprint density at radius 2 is 1.95 bits per heavy atom. The van der Waals surface area contributed by atoms with Crippen LogP contribution in [-0.4, -0.2) is 38.0 Å². The van der Waals surface area contributed by atoms with Gasteiger partial charge >= 0.3 is 0 Å². The molecule has 0 aliphatic carbocycles. The fourth-order valence-electron chi connectivity index (χ4n) is 2.29. The topological polar surface area (TPSA) is 87.5 Å². The van der Waals surface area contributed by atoms with Crippen LogP contribution in [0.2, 0.25) is 0 Å². The van der Waals surface area contributed by atoms with E-state index >= 15 is 0 Å². The fourth-order valence-corrected chi connectivity index (χ4v) is 2.29. The van der Waals surface area contributed by atoms with Crippen LogP contribution < -0.4 is 21.3 Å². The molecule has 2 amide bonds. The molecule has 0 unspecified atom stereocenters. The lowest BCUT2D eigenvalue weighted by Crippen LogP contribution is -2.37. The minimum absolute atomic E-state index is 0.159. The van der Waals surface area contributed by atoms with Crippen LogP contribution in [0.5, 0.6) is 0 Å². The normalized spacial score (nSPS) is 14.1. The molecule has 0 saturated carbocycles. The van der Waals surface area contributed by atoms with E-state index in [1.165, 1.54) is 6.07 Å². The van der Waals surface area contributed by atoms with Crippen molar-refractivity contribution in [2.45, 2.75) is 12.8 Å². The highest BCUT2D eigenvalue weighted by atomic mass is 19.1. The first kappa shape index (κ1) is 15.2. The van der Waals surface area contributed by atoms with Gasteiger partial charge in [-0.3, -0.25) is 9.59 Å². The zero-order chi connectivity index (χ0) is 15.2. The van der Waals surface area contributed by atoms with E-state index in [1.807, 2.05) is 4.90 Å². The van der Waals surface area contributed by atoms with Crippen molar-refractivity contribution in [3.63, 3.8) is 0 Å². The highest BCUT2D eigenvalue weighted by molar-refractivity contribution is 5.97. The second kappa shape index (κ2) is 7.03. The number of nitrogens with zero attached hydrogens (tertiary/aromatic N) is 1. The monoisotopic (exact) mass is 294 g/mol. The number of carbonyl (C=O) groups excluding carboxylic acids is 2. The van der Waals surface area contributed by atoms with Crippen LogP contribution in [0.4, 0.5) is 15.8 Å². The minimum Gasteiger partial charge on any atom is -0.370 e. The largest absolute Gasteiger partial charge is 0.370 e. The summed E-state index contributed by atoms with van der Waals surface area (Å²) >= 11 is 0. The van der Waals surface area contributed by atoms with Gasteiger partial charge < -0.3 is 21.3 Å². The quantitative estimate of drug-likeness (QED) is 0.735. The van der Waals surface area contributed by atoms with Crippen LogP contribution in [-0.2, 0) is 9.59 Å². The second-order valence-corrected chi connectivity index (χ2v) is 4.86. The SMILES string of the molecule is NCC(=O)NCC(=O)Nc1c(F)cccc1N1CCCC1. The lowest BCUT2D eigenvalue weighted by Gasteiger charge is -2.22. The average molecular weight is 294 g/mol. The molecule has 0 atom stereocenters. The molecule has 1 aliphatic heterocycles. The fraction of sp³-hybridized carbons (Fsp3) is 0.429. The summed E-state index contributed by atoms with van der Waals surface area (Å²) in [4.78, 5) is 24.9. The van der Waals surface area contributed by atoms with E-state index in [-0.39, 0.29) is 18.8 Å². The molecule has 21 heavy (non-hydrogen) atoms. The van der Waals surface area contributed by atoms with Gasteiger partial charge in [0.2, 0.25) is 11.8 Å². The third kappa shape index (κ3) is 3.91. The van der Waals surface area contributed by atoms with Crippen molar-refractivity contribution >= 4 is 23.2 Å². The van der Waals surface area contributed by atoms with Gasteiger partial charge in [-0.25, -0.2) is 4.39 Å². The highest BCUT2D eigenvalue weighted by Gasteiger charge is 2.19. The Labute approximate surface area is 122 Å². The third-order valence-corrected chi connectivity index (χ3v) is 3.33.